The summed E-state index contributed by atoms with van der Waals surface area (Å²) in [5, 5.41) is 5.96. The first-order valence-electron chi connectivity index (χ1n) is 9.03. The summed E-state index contributed by atoms with van der Waals surface area (Å²) in [6, 6.07) is 15.0. The van der Waals surface area contributed by atoms with Gasteiger partial charge in [0, 0.05) is 11.4 Å². The highest BCUT2D eigenvalue weighted by molar-refractivity contribution is 5.93. The molecule has 1 atom stereocenters. The zero-order valence-electron chi connectivity index (χ0n) is 15.9. The van der Waals surface area contributed by atoms with E-state index in [9.17, 15) is 4.79 Å². The number of ether oxygens (including phenoxy) is 2. The molecule has 0 saturated heterocycles. The maximum absolute atomic E-state index is 12.1. The van der Waals surface area contributed by atoms with Crippen LogP contribution < -0.4 is 20.1 Å². The normalized spacial score (nSPS) is 11.7. The largest absolute Gasteiger partial charge is 0.491 e. The molecule has 0 fully saturated rings. The van der Waals surface area contributed by atoms with E-state index in [4.69, 9.17) is 9.47 Å². The first kappa shape index (κ1) is 19.6. The van der Waals surface area contributed by atoms with Crippen LogP contribution in [-0.2, 0) is 4.79 Å². The average Bonchev–Trinajstić information content (AvgIpc) is 2.62. The summed E-state index contributed by atoms with van der Waals surface area (Å²) in [6.45, 7) is 8.27. The highest BCUT2D eigenvalue weighted by Gasteiger charge is 2.05. The van der Waals surface area contributed by atoms with Crippen LogP contribution in [0.15, 0.2) is 48.5 Å². The predicted molar refractivity (Wildman–Crippen MR) is 106 cm³/mol. The predicted octanol–water partition coefficient (Wildman–Crippen LogP) is 4.70. The van der Waals surface area contributed by atoms with Crippen LogP contribution >= 0.6 is 0 Å². The Bertz CT molecular complexity index is 681. The second kappa shape index (κ2) is 9.70. The molecular weight excluding hydrogens is 328 g/mol. The summed E-state index contributed by atoms with van der Waals surface area (Å²) in [4.78, 5) is 12.1. The monoisotopic (exact) mass is 356 g/mol. The van der Waals surface area contributed by atoms with Crippen LogP contribution in [0.1, 0.15) is 34.1 Å². The summed E-state index contributed by atoms with van der Waals surface area (Å²) in [5.41, 5.74) is 1.61. The van der Waals surface area contributed by atoms with Crippen LogP contribution in [0.3, 0.4) is 0 Å². The molecule has 0 saturated carbocycles. The fourth-order valence-electron chi connectivity index (χ4n) is 2.24. The Morgan fingerprint density at radius 3 is 1.96 bits per heavy atom. The molecule has 0 aliphatic heterocycles. The minimum Gasteiger partial charge on any atom is -0.491 e. The molecule has 26 heavy (non-hydrogen) atoms. The minimum atomic E-state index is -0.109. The Hall–Kier alpha value is -2.69. The third kappa shape index (κ3) is 6.67. The van der Waals surface area contributed by atoms with E-state index in [0.717, 1.165) is 29.3 Å². The molecule has 0 heterocycles. The third-order valence-corrected chi connectivity index (χ3v) is 3.73. The van der Waals surface area contributed by atoms with E-state index in [-0.39, 0.29) is 24.7 Å². The van der Waals surface area contributed by atoms with Crippen molar-refractivity contribution >= 4 is 17.3 Å². The number of carbonyl (C=O) groups excluding carboxylic acids is 1. The number of benzene rings is 2. The number of carbonyl (C=O) groups is 1. The number of hydrogen-bond acceptors (Lipinski definition) is 4. The standard InChI is InChI=1S/C21H28N2O3/c1-5-16(4)26-20-10-6-17(7-11-20)22-14-21(24)23-18-8-12-19(13-9-18)25-15(2)3/h6-13,15-16,22H,5,14H2,1-4H3,(H,23,24). The molecule has 0 aromatic heterocycles. The van der Waals surface area contributed by atoms with E-state index >= 15 is 0 Å². The van der Waals surface area contributed by atoms with Gasteiger partial charge in [-0.15, -0.1) is 0 Å². The molecule has 2 N–H and O–H groups in total. The number of rotatable bonds is 9. The molecule has 140 valence electrons. The highest BCUT2D eigenvalue weighted by atomic mass is 16.5. The minimum absolute atomic E-state index is 0.109. The first-order valence-corrected chi connectivity index (χ1v) is 9.03. The Morgan fingerprint density at radius 2 is 1.42 bits per heavy atom. The van der Waals surface area contributed by atoms with Crippen molar-refractivity contribution in [2.24, 2.45) is 0 Å². The Labute approximate surface area is 155 Å². The van der Waals surface area contributed by atoms with Crippen molar-refractivity contribution in [1.29, 1.82) is 0 Å². The van der Waals surface area contributed by atoms with Crippen LogP contribution in [0.5, 0.6) is 11.5 Å². The van der Waals surface area contributed by atoms with Gasteiger partial charge in [-0.2, -0.15) is 0 Å². The maximum atomic E-state index is 12.1. The Balaban J connectivity index is 1.79. The van der Waals surface area contributed by atoms with E-state index in [1.165, 1.54) is 0 Å². The molecule has 1 amide bonds. The van der Waals surface area contributed by atoms with E-state index in [0.29, 0.717) is 0 Å². The summed E-state index contributed by atoms with van der Waals surface area (Å²) < 4.78 is 11.3. The quantitative estimate of drug-likeness (QED) is 0.684. The summed E-state index contributed by atoms with van der Waals surface area (Å²) >= 11 is 0. The van der Waals surface area contributed by atoms with Gasteiger partial charge in [0.15, 0.2) is 0 Å². The first-order chi connectivity index (χ1) is 12.5. The van der Waals surface area contributed by atoms with Crippen molar-refractivity contribution in [2.75, 3.05) is 17.2 Å². The molecule has 0 aliphatic rings. The van der Waals surface area contributed by atoms with Crippen LogP contribution in [0, 0.1) is 0 Å². The van der Waals surface area contributed by atoms with Crippen LogP contribution in [0.2, 0.25) is 0 Å². The van der Waals surface area contributed by atoms with Crippen molar-refractivity contribution < 1.29 is 14.3 Å². The fraction of sp³-hybridized carbons (Fsp3) is 0.381. The lowest BCUT2D eigenvalue weighted by Gasteiger charge is -2.13. The van der Waals surface area contributed by atoms with Gasteiger partial charge < -0.3 is 20.1 Å². The third-order valence-electron chi connectivity index (χ3n) is 3.73. The van der Waals surface area contributed by atoms with Crippen LogP contribution in [0.25, 0.3) is 0 Å². The summed E-state index contributed by atoms with van der Waals surface area (Å²) in [6.07, 6.45) is 1.28. The van der Waals surface area contributed by atoms with E-state index in [1.807, 2.05) is 69.3 Å². The van der Waals surface area contributed by atoms with Crippen molar-refractivity contribution in [1.82, 2.24) is 0 Å². The SMILES string of the molecule is CCC(C)Oc1ccc(NCC(=O)Nc2ccc(OC(C)C)cc2)cc1. The molecule has 2 aromatic rings. The van der Waals surface area contributed by atoms with Crippen molar-refractivity contribution in [2.45, 2.75) is 46.3 Å². The molecule has 0 spiro atoms. The molecule has 1 unspecified atom stereocenters. The molecule has 0 bridgehead atoms. The maximum Gasteiger partial charge on any atom is 0.243 e. The van der Waals surface area contributed by atoms with Gasteiger partial charge in [-0.25, -0.2) is 0 Å². The highest BCUT2D eigenvalue weighted by Crippen LogP contribution is 2.18. The molecular formula is C21H28N2O3. The van der Waals surface area contributed by atoms with Gasteiger partial charge in [-0.1, -0.05) is 6.92 Å². The van der Waals surface area contributed by atoms with E-state index in [2.05, 4.69) is 17.6 Å². The van der Waals surface area contributed by atoms with Gasteiger partial charge in [0.2, 0.25) is 5.91 Å². The zero-order valence-corrected chi connectivity index (χ0v) is 15.9. The fourth-order valence-corrected chi connectivity index (χ4v) is 2.24. The van der Waals surface area contributed by atoms with Crippen molar-refractivity contribution in [3.8, 4) is 11.5 Å². The lowest BCUT2D eigenvalue weighted by Crippen LogP contribution is -2.21. The molecule has 2 aromatic carbocycles. The number of nitrogens with one attached hydrogen (secondary N) is 2. The molecule has 2 rings (SSSR count). The summed E-state index contributed by atoms with van der Waals surface area (Å²) in [5.74, 6) is 1.51. The van der Waals surface area contributed by atoms with Gasteiger partial charge in [0.05, 0.1) is 18.8 Å². The lowest BCUT2D eigenvalue weighted by molar-refractivity contribution is -0.114. The lowest BCUT2D eigenvalue weighted by atomic mass is 10.2. The van der Waals surface area contributed by atoms with Gasteiger partial charge in [-0.05, 0) is 75.7 Å². The van der Waals surface area contributed by atoms with Gasteiger partial charge in [0.25, 0.3) is 0 Å². The topological polar surface area (TPSA) is 59.6 Å². The Kier molecular flexibility index (Phi) is 7.33. The second-order valence-corrected chi connectivity index (χ2v) is 6.45. The van der Waals surface area contributed by atoms with Gasteiger partial charge in [0.1, 0.15) is 11.5 Å². The second-order valence-electron chi connectivity index (χ2n) is 6.45. The van der Waals surface area contributed by atoms with Gasteiger partial charge in [-0.3, -0.25) is 4.79 Å². The Morgan fingerprint density at radius 1 is 0.885 bits per heavy atom. The molecule has 0 aliphatic carbocycles. The average molecular weight is 356 g/mol. The summed E-state index contributed by atoms with van der Waals surface area (Å²) in [7, 11) is 0. The van der Waals surface area contributed by atoms with Crippen LogP contribution in [0.4, 0.5) is 11.4 Å². The number of anilines is 2. The van der Waals surface area contributed by atoms with Crippen molar-refractivity contribution in [3.05, 3.63) is 48.5 Å². The molecule has 5 heteroatoms. The number of hydrogen-bond donors (Lipinski definition) is 2. The van der Waals surface area contributed by atoms with Crippen molar-refractivity contribution in [3.63, 3.8) is 0 Å². The number of amides is 1. The van der Waals surface area contributed by atoms with Gasteiger partial charge >= 0.3 is 0 Å². The van der Waals surface area contributed by atoms with Crippen LogP contribution in [-0.4, -0.2) is 24.7 Å². The van der Waals surface area contributed by atoms with E-state index < -0.39 is 0 Å². The zero-order chi connectivity index (χ0) is 18.9. The molecule has 5 nitrogen and oxygen atoms in total. The molecule has 0 radical (unpaired) electrons. The smallest absolute Gasteiger partial charge is 0.243 e. The van der Waals surface area contributed by atoms with E-state index in [1.54, 1.807) is 0 Å².